The van der Waals surface area contributed by atoms with Crippen molar-refractivity contribution in [2.24, 2.45) is 0 Å². The van der Waals surface area contributed by atoms with E-state index in [4.69, 9.17) is 0 Å². The SMILES string of the molecule is CCCCCC[Si](CCCCCC)(CCCCCC)[Si](C(C)(C)C)[Si](CCCCCC)(CCCCCC)CCCCCC. The zero-order valence-electron chi connectivity index (χ0n) is 32.2. The average molecular weight is 652 g/mol. The van der Waals surface area contributed by atoms with Crippen molar-refractivity contribution in [1.82, 2.24) is 0 Å². The van der Waals surface area contributed by atoms with E-state index in [1.807, 2.05) is 0 Å². The van der Waals surface area contributed by atoms with Crippen molar-refractivity contribution in [3.8, 4) is 0 Å². The Labute approximate surface area is 279 Å². The molecule has 43 heavy (non-hydrogen) atoms. The highest BCUT2D eigenvalue weighted by atomic mass is 29.6. The second kappa shape index (κ2) is 27.7. The van der Waals surface area contributed by atoms with Crippen LogP contribution in [0.2, 0.25) is 41.3 Å². The summed E-state index contributed by atoms with van der Waals surface area (Å²) in [5.74, 6) is 0. The van der Waals surface area contributed by atoms with E-state index in [1.54, 1.807) is 74.8 Å². The van der Waals surface area contributed by atoms with Crippen molar-refractivity contribution in [1.29, 1.82) is 0 Å². The van der Waals surface area contributed by atoms with Gasteiger partial charge in [0.1, 0.15) is 0 Å². The van der Waals surface area contributed by atoms with Crippen molar-refractivity contribution in [3.63, 3.8) is 0 Å². The van der Waals surface area contributed by atoms with E-state index < -0.39 is 23.0 Å². The molecule has 0 atom stereocenters. The maximum Gasteiger partial charge on any atom is 0.0430 e. The second-order valence-corrected chi connectivity index (χ2v) is 37.3. The van der Waals surface area contributed by atoms with Crippen LogP contribution in [0, 0.1) is 0 Å². The van der Waals surface area contributed by atoms with Gasteiger partial charge in [-0.25, -0.2) is 0 Å². The fourth-order valence-electron chi connectivity index (χ4n) is 8.99. The van der Waals surface area contributed by atoms with Crippen LogP contribution in [0.25, 0.3) is 0 Å². The molecule has 1 radical (unpaired) electrons. The molecule has 0 aromatic rings. The van der Waals surface area contributed by atoms with Crippen LogP contribution in [0.3, 0.4) is 0 Å². The summed E-state index contributed by atoms with van der Waals surface area (Å²) in [5, 5.41) is 0.587. The molecule has 0 heterocycles. The van der Waals surface area contributed by atoms with Crippen LogP contribution in [0.5, 0.6) is 0 Å². The number of unbranched alkanes of at least 4 members (excludes halogenated alkanes) is 18. The molecule has 259 valence electrons. The lowest BCUT2D eigenvalue weighted by atomic mass is 10.2. The van der Waals surface area contributed by atoms with Gasteiger partial charge in [0, 0.05) is 23.0 Å². The predicted octanol–water partition coefficient (Wildman–Crippen LogP) is 15.8. The fourth-order valence-corrected chi connectivity index (χ4v) is 59.3. The topological polar surface area (TPSA) is 0 Å². The van der Waals surface area contributed by atoms with Crippen LogP contribution in [0.4, 0.5) is 0 Å². The van der Waals surface area contributed by atoms with Crippen LogP contribution in [0.15, 0.2) is 0 Å². The number of hydrogen-bond donors (Lipinski definition) is 0. The molecule has 0 saturated carbocycles. The minimum atomic E-state index is -1.39. The van der Waals surface area contributed by atoms with Crippen LogP contribution in [-0.2, 0) is 0 Å². The molecular weight excluding hydrogens is 565 g/mol. The molecule has 0 aliphatic rings. The first-order valence-electron chi connectivity index (χ1n) is 20.6. The molecule has 3 heteroatoms. The lowest BCUT2D eigenvalue weighted by Gasteiger charge is -2.55. The van der Waals surface area contributed by atoms with Gasteiger partial charge >= 0.3 is 0 Å². The van der Waals surface area contributed by atoms with Crippen LogP contribution in [-0.4, -0.2) is 23.0 Å². The molecule has 0 rings (SSSR count). The third kappa shape index (κ3) is 19.2. The maximum absolute atomic E-state index is 2.82. The van der Waals surface area contributed by atoms with Gasteiger partial charge in [-0.1, -0.05) is 253 Å². The van der Waals surface area contributed by atoms with Gasteiger partial charge in [-0.2, -0.15) is 0 Å². The Hall–Kier alpha value is 0.651. The molecule has 0 amide bonds. The normalized spacial score (nSPS) is 13.0. The third-order valence-electron chi connectivity index (χ3n) is 10.9. The van der Waals surface area contributed by atoms with Crippen molar-refractivity contribution >= 4 is 23.0 Å². The third-order valence-corrected chi connectivity index (χ3v) is 47.3. The lowest BCUT2D eigenvalue weighted by molar-refractivity contribution is 0.661. The van der Waals surface area contributed by atoms with Crippen molar-refractivity contribution in [3.05, 3.63) is 0 Å². The highest BCUT2D eigenvalue weighted by Gasteiger charge is 2.56. The predicted molar refractivity (Wildman–Crippen MR) is 211 cm³/mol. The highest BCUT2D eigenvalue weighted by molar-refractivity contribution is 7.62. The number of hydrogen-bond acceptors (Lipinski definition) is 0. The Kier molecular flexibility index (Phi) is 28.2. The first kappa shape index (κ1) is 43.7. The van der Waals surface area contributed by atoms with Gasteiger partial charge in [-0.15, -0.1) is 0 Å². The van der Waals surface area contributed by atoms with E-state index >= 15 is 0 Å². The molecule has 0 spiro atoms. The molecule has 0 nitrogen and oxygen atoms in total. The second-order valence-electron chi connectivity index (χ2n) is 16.0. The summed E-state index contributed by atoms with van der Waals surface area (Å²) < 4.78 is 0. The molecule has 0 aromatic carbocycles. The number of rotatable bonds is 32. The molecule has 0 bridgehead atoms. The smallest absolute Gasteiger partial charge is 0.0430 e. The highest BCUT2D eigenvalue weighted by Crippen LogP contribution is 2.50. The first-order valence-corrected chi connectivity index (χ1v) is 29.4. The Balaban J connectivity index is 7.00. The molecule has 0 saturated heterocycles. The summed E-state index contributed by atoms with van der Waals surface area (Å²) in [6, 6.07) is 10.4. The lowest BCUT2D eigenvalue weighted by Crippen LogP contribution is -2.70. The van der Waals surface area contributed by atoms with Gasteiger partial charge in [0.25, 0.3) is 0 Å². The van der Waals surface area contributed by atoms with E-state index in [1.165, 1.54) is 116 Å². The van der Waals surface area contributed by atoms with Gasteiger partial charge < -0.3 is 0 Å². The molecular formula is C40H87Si3. The molecule has 0 unspecified atom stereocenters. The standard InChI is InChI=1S/C40H87Si3/c1-10-16-22-28-34-42(35-29-23-17-11-2,36-30-24-18-12-3)41(40(7,8)9)43(37-31-25-19-13-4,38-32-26-20-14-5)39-33-27-21-15-6/h10-39H2,1-9H3. The summed E-state index contributed by atoms with van der Waals surface area (Å²) >= 11 is 0. The van der Waals surface area contributed by atoms with Gasteiger partial charge in [-0.05, 0) is 5.04 Å². The van der Waals surface area contributed by atoms with Crippen LogP contribution in [0.1, 0.15) is 216 Å². The summed E-state index contributed by atoms with van der Waals surface area (Å²) in [6.45, 7) is 23.0. The van der Waals surface area contributed by atoms with E-state index in [0.29, 0.717) is 5.04 Å². The summed E-state index contributed by atoms with van der Waals surface area (Å²) in [7, 11) is -3.18. The molecule has 0 aromatic heterocycles. The minimum absolute atomic E-state index is 0.400. The van der Waals surface area contributed by atoms with Crippen molar-refractivity contribution in [2.45, 2.75) is 258 Å². The Morgan fingerprint density at radius 1 is 0.302 bits per heavy atom. The summed E-state index contributed by atoms with van der Waals surface area (Å²) in [4.78, 5) is 0. The van der Waals surface area contributed by atoms with Gasteiger partial charge in [-0.3, -0.25) is 0 Å². The summed E-state index contributed by atoms with van der Waals surface area (Å²) in [5.41, 5.74) is 0. The van der Waals surface area contributed by atoms with Crippen LogP contribution < -0.4 is 0 Å². The van der Waals surface area contributed by atoms with E-state index in [9.17, 15) is 0 Å². The van der Waals surface area contributed by atoms with E-state index in [-0.39, 0.29) is 0 Å². The average Bonchev–Trinajstić information content (AvgIpc) is 2.98. The first-order chi connectivity index (χ1) is 20.7. The quantitative estimate of drug-likeness (QED) is 0.0501. The van der Waals surface area contributed by atoms with Gasteiger partial charge in [0.2, 0.25) is 0 Å². The Bertz CT molecular complexity index is 474. The molecule has 0 N–H and O–H groups in total. The fraction of sp³-hybridized carbons (Fsp3) is 1.00. The van der Waals surface area contributed by atoms with Gasteiger partial charge in [0.15, 0.2) is 0 Å². The van der Waals surface area contributed by atoms with Gasteiger partial charge in [0.05, 0.1) is 0 Å². The zero-order chi connectivity index (χ0) is 32.3. The van der Waals surface area contributed by atoms with E-state index in [2.05, 4.69) is 62.3 Å². The largest absolute Gasteiger partial charge is 0.0654 e. The maximum atomic E-state index is 2.82. The Morgan fingerprint density at radius 2 is 0.488 bits per heavy atom. The van der Waals surface area contributed by atoms with Crippen molar-refractivity contribution in [2.75, 3.05) is 0 Å². The zero-order valence-corrected chi connectivity index (χ0v) is 35.2. The molecule has 0 aliphatic carbocycles. The van der Waals surface area contributed by atoms with E-state index in [0.717, 1.165) is 0 Å². The Morgan fingerprint density at radius 3 is 0.628 bits per heavy atom. The van der Waals surface area contributed by atoms with Crippen molar-refractivity contribution < 1.29 is 0 Å². The minimum Gasteiger partial charge on any atom is -0.0654 e. The summed E-state index contributed by atoms with van der Waals surface area (Å²) in [6.07, 6.45) is 35.8. The molecule has 0 fully saturated rings. The monoisotopic (exact) mass is 652 g/mol. The van der Waals surface area contributed by atoms with Crippen LogP contribution >= 0.6 is 0 Å². The molecule has 0 aliphatic heterocycles.